The molecule has 3 heterocycles. The van der Waals surface area contributed by atoms with E-state index in [1.165, 1.54) is 18.2 Å². The van der Waals surface area contributed by atoms with Crippen molar-refractivity contribution < 1.29 is 19.3 Å². The quantitative estimate of drug-likeness (QED) is 0.108. The lowest BCUT2D eigenvalue weighted by atomic mass is 10.0. The molecule has 292 valence electrons. The Morgan fingerprint density at radius 1 is 0.393 bits per heavy atom. The van der Waals surface area contributed by atoms with Crippen LogP contribution in [0.1, 0.15) is 47.8 Å². The Morgan fingerprint density at radius 2 is 0.738 bits per heavy atom. The number of hydrogen-bond donors (Lipinski definition) is 3. The Kier molecular flexibility index (Phi) is 8.52. The number of carbonyl (C=O) groups excluding carboxylic acids is 3. The highest BCUT2D eigenvalue weighted by atomic mass is 79.9. The van der Waals surface area contributed by atoms with E-state index in [2.05, 4.69) is 30.9 Å². The van der Waals surface area contributed by atoms with E-state index in [1.807, 2.05) is 54.6 Å². The van der Waals surface area contributed by atoms with Crippen molar-refractivity contribution >= 4 is 71.3 Å². The molecule has 61 heavy (non-hydrogen) atoms. The number of nitrogens with one attached hydrogen (secondary N) is 3. The fourth-order valence-corrected chi connectivity index (χ4v) is 8.78. The lowest BCUT2D eigenvalue weighted by molar-refractivity contribution is -0.384. The fraction of sp³-hybridized carbons (Fsp3) is 0. The van der Waals surface area contributed by atoms with Gasteiger partial charge < -0.3 is 15.0 Å². The van der Waals surface area contributed by atoms with Crippen LogP contribution in [-0.4, -0.2) is 37.2 Å². The SMILES string of the molecule is O=C1c2ccccc2-c2[nH]c(=O)c3ccc(Br)cc3c21.O=C1c2ccccc2-c2[nH]c(=O)c3ccc([N+](=O)[O-])cc3c21.O=C1c2ccccc2-c2[nH]c(=O)c3ccccc3c21. The summed E-state index contributed by atoms with van der Waals surface area (Å²) in [6.45, 7) is 0. The lowest BCUT2D eigenvalue weighted by Gasteiger charge is -2.04. The highest BCUT2D eigenvalue weighted by molar-refractivity contribution is 9.10. The van der Waals surface area contributed by atoms with Crippen LogP contribution in [0.3, 0.4) is 0 Å². The maximum Gasteiger partial charge on any atom is 0.270 e. The maximum absolute atomic E-state index is 12.6. The largest absolute Gasteiger partial charge is 0.321 e. The van der Waals surface area contributed by atoms with E-state index in [4.69, 9.17) is 0 Å². The van der Waals surface area contributed by atoms with Crippen molar-refractivity contribution in [1.82, 2.24) is 15.0 Å². The summed E-state index contributed by atoms with van der Waals surface area (Å²) in [5, 5.41) is 14.1. The van der Waals surface area contributed by atoms with Crippen molar-refractivity contribution in [3.05, 3.63) is 212 Å². The molecule has 0 unspecified atom stereocenters. The molecule has 12 nitrogen and oxygen atoms in total. The zero-order valence-electron chi connectivity index (χ0n) is 31.3. The number of non-ortho nitro benzene ring substituents is 1. The van der Waals surface area contributed by atoms with Gasteiger partial charge in [-0.15, -0.1) is 0 Å². The highest BCUT2D eigenvalue weighted by Gasteiger charge is 2.32. The van der Waals surface area contributed by atoms with Crippen LogP contribution in [0.25, 0.3) is 66.1 Å². The van der Waals surface area contributed by atoms with Gasteiger partial charge in [0.25, 0.3) is 22.4 Å². The van der Waals surface area contributed by atoms with Crippen LogP contribution in [0.15, 0.2) is 152 Å². The molecular formula is C48H25BrN4O8. The molecule has 0 saturated heterocycles. The molecule has 0 spiro atoms. The Morgan fingerprint density at radius 3 is 1.18 bits per heavy atom. The van der Waals surface area contributed by atoms with Crippen LogP contribution in [-0.2, 0) is 0 Å². The molecule has 3 aromatic heterocycles. The molecule has 0 atom stereocenters. The van der Waals surface area contributed by atoms with E-state index >= 15 is 0 Å². The van der Waals surface area contributed by atoms with Crippen LogP contribution >= 0.6 is 15.9 Å². The van der Waals surface area contributed by atoms with E-state index < -0.39 is 4.92 Å². The van der Waals surface area contributed by atoms with Crippen molar-refractivity contribution in [2.45, 2.75) is 0 Å². The third kappa shape index (κ3) is 5.74. The first-order chi connectivity index (χ1) is 29.5. The van der Waals surface area contributed by atoms with Gasteiger partial charge in [-0.3, -0.25) is 38.9 Å². The van der Waals surface area contributed by atoms with Crippen LogP contribution < -0.4 is 16.7 Å². The Bertz CT molecular complexity index is 3680. The lowest BCUT2D eigenvalue weighted by Crippen LogP contribution is -2.10. The smallest absolute Gasteiger partial charge is 0.270 e. The number of pyridine rings is 3. The number of aromatic amines is 3. The molecule has 0 fully saturated rings. The summed E-state index contributed by atoms with van der Waals surface area (Å²) in [6, 6.07) is 38.2. The van der Waals surface area contributed by atoms with E-state index in [0.717, 1.165) is 21.0 Å². The van der Waals surface area contributed by atoms with E-state index in [0.29, 0.717) is 77.6 Å². The summed E-state index contributed by atoms with van der Waals surface area (Å²) < 4.78 is 0.849. The first-order valence-corrected chi connectivity index (χ1v) is 19.6. The average molecular weight is 866 g/mol. The van der Waals surface area contributed by atoms with Gasteiger partial charge in [0, 0.05) is 82.3 Å². The number of carbonyl (C=O) groups is 3. The number of aromatic nitrogens is 3. The summed E-state index contributed by atoms with van der Waals surface area (Å²) in [7, 11) is 0. The van der Waals surface area contributed by atoms with Gasteiger partial charge in [-0.25, -0.2) is 0 Å². The highest BCUT2D eigenvalue weighted by Crippen LogP contribution is 2.40. The molecule has 3 aliphatic rings. The third-order valence-electron chi connectivity index (χ3n) is 11.1. The first-order valence-electron chi connectivity index (χ1n) is 18.8. The summed E-state index contributed by atoms with van der Waals surface area (Å²) >= 11 is 3.40. The predicted octanol–water partition coefficient (Wildman–Crippen LogP) is 8.89. The van der Waals surface area contributed by atoms with Gasteiger partial charge in [-0.2, -0.15) is 0 Å². The average Bonchev–Trinajstić information content (AvgIpc) is 3.84. The summed E-state index contributed by atoms with van der Waals surface area (Å²) in [5.74, 6) is -0.277. The second-order valence-electron chi connectivity index (χ2n) is 14.5. The minimum Gasteiger partial charge on any atom is -0.321 e. The number of benzene rings is 6. The van der Waals surface area contributed by atoms with Gasteiger partial charge in [0.05, 0.1) is 38.7 Å². The van der Waals surface area contributed by atoms with Gasteiger partial charge in [-0.05, 0) is 30.3 Å². The predicted molar refractivity (Wildman–Crippen MR) is 235 cm³/mol. The molecule has 0 bridgehead atoms. The first kappa shape index (κ1) is 37.1. The molecule has 0 radical (unpaired) electrons. The molecule has 6 aromatic carbocycles. The van der Waals surface area contributed by atoms with Crippen molar-refractivity contribution in [2.75, 3.05) is 0 Å². The van der Waals surface area contributed by atoms with Crippen molar-refractivity contribution in [3.8, 4) is 33.8 Å². The number of ketones is 3. The molecule has 9 aromatic rings. The number of hydrogen-bond acceptors (Lipinski definition) is 8. The molecule has 0 aliphatic heterocycles. The normalized spacial score (nSPS) is 12.4. The molecular weight excluding hydrogens is 840 g/mol. The van der Waals surface area contributed by atoms with Crippen LogP contribution in [0, 0.1) is 10.1 Å². The van der Waals surface area contributed by atoms with E-state index in [9.17, 15) is 38.9 Å². The molecule has 3 aliphatic carbocycles. The number of fused-ring (bicyclic) bond motifs is 15. The topological polar surface area (TPSA) is 193 Å². The van der Waals surface area contributed by atoms with E-state index in [1.54, 1.807) is 60.7 Å². The van der Waals surface area contributed by atoms with Gasteiger partial charge in [-0.1, -0.05) is 107 Å². The van der Waals surface area contributed by atoms with Crippen molar-refractivity contribution in [3.63, 3.8) is 0 Å². The maximum atomic E-state index is 12.6. The van der Waals surface area contributed by atoms with Crippen LogP contribution in [0.2, 0.25) is 0 Å². The number of nitrogens with zero attached hydrogens (tertiary/aromatic N) is 1. The minimum atomic E-state index is -0.542. The summed E-state index contributed by atoms with van der Waals surface area (Å²) in [5.41, 5.74) is 6.42. The van der Waals surface area contributed by atoms with Crippen LogP contribution in [0.5, 0.6) is 0 Å². The van der Waals surface area contributed by atoms with Gasteiger partial charge >= 0.3 is 0 Å². The van der Waals surface area contributed by atoms with Gasteiger partial charge in [0.1, 0.15) is 0 Å². The molecule has 12 rings (SSSR count). The standard InChI is InChI=1S/C16H8BrNO2.C16H8N2O4.C16H9NO2/c17-8-5-6-11-12(7-8)13-14(18-16(11)20)9-3-1-2-4-10(9)15(13)19;19-15-10-4-2-1-3-9(10)14-13(15)12-7-8(18(21)22)5-6-11(12)16(20)17-14;18-15-11-7-3-2-6-10(11)14-13(15)9-5-1-4-8-12(9)16(19)17-14/h1-7H,(H,18,20);1-7H,(H,17,20);1-8H,(H,17,19). The number of rotatable bonds is 1. The molecule has 0 amide bonds. The van der Waals surface area contributed by atoms with Gasteiger partial charge in [0.2, 0.25) is 0 Å². The summed E-state index contributed by atoms with van der Waals surface area (Å²) in [4.78, 5) is 93.0. The zero-order valence-corrected chi connectivity index (χ0v) is 32.9. The Labute approximate surface area is 350 Å². The summed E-state index contributed by atoms with van der Waals surface area (Å²) in [6.07, 6.45) is 0. The number of H-pyrrole nitrogens is 3. The Balaban J connectivity index is 0.000000110. The molecule has 0 saturated carbocycles. The third-order valence-corrected chi connectivity index (χ3v) is 11.6. The second-order valence-corrected chi connectivity index (χ2v) is 15.4. The van der Waals surface area contributed by atoms with Gasteiger partial charge in [0.15, 0.2) is 17.3 Å². The van der Waals surface area contributed by atoms with Crippen molar-refractivity contribution in [1.29, 1.82) is 0 Å². The second kappa shape index (κ2) is 14.0. The fourth-order valence-electron chi connectivity index (χ4n) is 8.42. The minimum absolute atomic E-state index is 0.0157. The molecule has 13 heteroatoms. The van der Waals surface area contributed by atoms with Crippen LogP contribution in [0.4, 0.5) is 5.69 Å². The monoisotopic (exact) mass is 864 g/mol. The number of nitro benzene ring substituents is 1. The Hall–Kier alpha value is -8.16. The number of halogens is 1. The molecule has 3 N–H and O–H groups in total. The number of nitro groups is 1. The van der Waals surface area contributed by atoms with Crippen molar-refractivity contribution in [2.24, 2.45) is 0 Å². The zero-order chi connectivity index (χ0) is 42.3. The van der Waals surface area contributed by atoms with E-state index in [-0.39, 0.29) is 45.1 Å².